The second-order valence-corrected chi connectivity index (χ2v) is 16.5. The number of ether oxygens (including phenoxy) is 8. The van der Waals surface area contributed by atoms with E-state index in [1.165, 1.54) is 6.20 Å². The minimum atomic E-state index is 0.247. The molecule has 0 saturated heterocycles. The van der Waals surface area contributed by atoms with Gasteiger partial charge in [-0.1, -0.05) is 60.1 Å². The van der Waals surface area contributed by atoms with Gasteiger partial charge in [-0.3, -0.25) is 9.13 Å². The van der Waals surface area contributed by atoms with Crippen LogP contribution in [0.2, 0.25) is 5.15 Å². The molecule has 0 fully saturated rings. The van der Waals surface area contributed by atoms with E-state index in [1.54, 1.807) is 65.6 Å². The van der Waals surface area contributed by atoms with Crippen LogP contribution in [0.5, 0.6) is 46.3 Å². The van der Waals surface area contributed by atoms with Crippen LogP contribution >= 0.6 is 11.6 Å². The number of halogens is 1. The van der Waals surface area contributed by atoms with Crippen LogP contribution in [0.4, 0.5) is 5.82 Å². The maximum Gasteiger partial charge on any atom is 0.213 e. The fourth-order valence-corrected chi connectivity index (χ4v) is 8.01. The van der Waals surface area contributed by atoms with Gasteiger partial charge in [-0.15, -0.1) is 0 Å². The molecule has 77 heavy (non-hydrogen) atoms. The number of aromatic nitrogens is 10. The van der Waals surface area contributed by atoms with E-state index < -0.39 is 0 Å². The number of benzene rings is 4. The van der Waals surface area contributed by atoms with Crippen molar-refractivity contribution in [3.8, 4) is 80.7 Å². The minimum absolute atomic E-state index is 0.247. The lowest BCUT2D eigenvalue weighted by atomic mass is 10.2. The lowest BCUT2D eigenvalue weighted by Gasteiger charge is -2.16. The van der Waals surface area contributed by atoms with Gasteiger partial charge < -0.3 is 48.9 Å². The van der Waals surface area contributed by atoms with Crippen LogP contribution in [0.15, 0.2) is 134 Å². The van der Waals surface area contributed by atoms with E-state index in [1.807, 2.05) is 128 Å². The quantitative estimate of drug-likeness (QED) is 0.0815. The Kier molecular flexibility index (Phi) is 18.1. The van der Waals surface area contributed by atoms with E-state index in [0.717, 1.165) is 22.6 Å². The summed E-state index contributed by atoms with van der Waals surface area (Å²) in [5.41, 5.74) is 11.9. The summed E-state index contributed by atoms with van der Waals surface area (Å²) in [7, 11) is 9.70. The molecule has 21 heteroatoms. The molecule has 0 amide bonds. The molecule has 396 valence electrons. The first-order valence-electron chi connectivity index (χ1n) is 24.2. The first kappa shape index (κ1) is 54.0. The van der Waals surface area contributed by atoms with Crippen molar-refractivity contribution < 1.29 is 37.9 Å². The summed E-state index contributed by atoms with van der Waals surface area (Å²) in [6.45, 7) is 5.97. The number of pyridine rings is 2. The molecule has 0 bridgehead atoms. The van der Waals surface area contributed by atoms with Crippen LogP contribution in [0.3, 0.4) is 0 Å². The van der Waals surface area contributed by atoms with Gasteiger partial charge in [0.05, 0.1) is 68.3 Å². The fourth-order valence-electron chi connectivity index (χ4n) is 7.88. The van der Waals surface area contributed by atoms with Crippen molar-refractivity contribution in [3.63, 3.8) is 0 Å². The summed E-state index contributed by atoms with van der Waals surface area (Å²) in [4.78, 5) is 37.0. The maximum atomic E-state index is 6.05. The average Bonchev–Trinajstić information content (AvgIpc) is 4.09. The second-order valence-electron chi connectivity index (χ2n) is 16.1. The molecule has 0 aliphatic rings. The van der Waals surface area contributed by atoms with E-state index in [4.69, 9.17) is 70.2 Å². The van der Waals surface area contributed by atoms with E-state index in [2.05, 4.69) is 30.2 Å². The lowest BCUT2D eigenvalue weighted by Crippen LogP contribution is -2.06. The summed E-state index contributed by atoms with van der Waals surface area (Å²) in [6, 6.07) is 37.7. The van der Waals surface area contributed by atoms with E-state index >= 15 is 0 Å². The number of hydrogen-bond acceptors (Lipinski definition) is 18. The Morgan fingerprint density at radius 2 is 0.909 bits per heavy atom. The topological polar surface area (TPSA) is 225 Å². The van der Waals surface area contributed by atoms with Gasteiger partial charge in [0.25, 0.3) is 0 Å². The number of para-hydroxylation sites is 2. The zero-order valence-corrected chi connectivity index (χ0v) is 44.5. The number of rotatable bonds is 18. The van der Waals surface area contributed by atoms with Crippen molar-refractivity contribution in [2.45, 2.75) is 26.9 Å². The van der Waals surface area contributed by atoms with Gasteiger partial charge in [-0.2, -0.15) is 0 Å². The number of hydrogen-bond donors (Lipinski definition) is 2. The summed E-state index contributed by atoms with van der Waals surface area (Å²) < 4.78 is 47.6. The molecular formula is C56H57ClN12O8. The number of imidazole rings is 2. The molecule has 20 nitrogen and oxygen atoms in total. The summed E-state index contributed by atoms with van der Waals surface area (Å²) in [5, 5.41) is 3.57. The van der Waals surface area contributed by atoms with E-state index in [0.29, 0.717) is 124 Å². The zero-order valence-electron chi connectivity index (χ0n) is 43.7. The molecule has 3 N–H and O–H groups in total. The van der Waals surface area contributed by atoms with Crippen molar-refractivity contribution in [1.29, 1.82) is 0 Å². The molecular weight excluding hydrogens is 1000 g/mol. The van der Waals surface area contributed by atoms with Gasteiger partial charge in [-0.25, -0.2) is 39.9 Å². The Labute approximate surface area is 449 Å². The first-order chi connectivity index (χ1) is 37.7. The number of methoxy groups -OCH3 is 6. The normalized spacial score (nSPS) is 10.7. The van der Waals surface area contributed by atoms with Gasteiger partial charge in [0.1, 0.15) is 68.2 Å². The standard InChI is InChI=1S/C28H28N6O4.C20H18ClN5O3.C8H11NO/c1-5-38-24-11-6-8-20(31-24)27-33-26-28(34(27)25-21(36-3)9-7-10-22(25)37-4)30-17-23(32-26)29-16-18-12-14-19(35-2)15-13-18;1-4-29-16-10-5-7-12(23-16)19-25-18-20(22-11-15(21)24-18)26(19)17-13(27-2)8-6-9-14(17)28-3;1-10-8-4-2-7(6-9)3-5-8/h6-15,17H,5,16H2,1-4H3,(H,29,32);5-11H,4H2,1-3H3;2-5H,6,9H2,1H3. The van der Waals surface area contributed by atoms with Crippen LogP contribution in [0.1, 0.15) is 25.0 Å². The molecule has 0 aliphatic carbocycles. The smallest absolute Gasteiger partial charge is 0.213 e. The van der Waals surface area contributed by atoms with Crippen molar-refractivity contribution in [2.24, 2.45) is 5.73 Å². The number of nitrogens with two attached hydrogens (primary N) is 1. The monoisotopic (exact) mass is 1060 g/mol. The third kappa shape index (κ3) is 12.5. The highest BCUT2D eigenvalue weighted by Crippen LogP contribution is 2.40. The highest BCUT2D eigenvalue weighted by Gasteiger charge is 2.26. The fraction of sp³-hybridized carbons (Fsp3) is 0.214. The predicted molar refractivity (Wildman–Crippen MR) is 295 cm³/mol. The Bertz CT molecular complexity index is 3490. The molecule has 6 aromatic heterocycles. The highest BCUT2D eigenvalue weighted by molar-refractivity contribution is 6.29. The summed E-state index contributed by atoms with van der Waals surface area (Å²) in [6.07, 6.45) is 3.15. The van der Waals surface area contributed by atoms with E-state index in [9.17, 15) is 0 Å². The molecule has 4 aromatic carbocycles. The third-order valence-electron chi connectivity index (χ3n) is 11.5. The molecule has 0 radical (unpaired) electrons. The molecule has 0 saturated carbocycles. The Morgan fingerprint density at radius 3 is 1.34 bits per heavy atom. The maximum absolute atomic E-state index is 6.05. The summed E-state index contributed by atoms with van der Waals surface area (Å²) >= 11 is 6.05. The molecule has 0 atom stereocenters. The molecule has 6 heterocycles. The Balaban J connectivity index is 0.000000177. The van der Waals surface area contributed by atoms with Crippen LogP contribution < -0.4 is 48.9 Å². The molecule has 10 aromatic rings. The number of nitrogens with one attached hydrogen (secondary N) is 1. The van der Waals surface area contributed by atoms with Crippen molar-refractivity contribution in [3.05, 3.63) is 150 Å². The number of nitrogens with zero attached hydrogens (tertiary/aromatic N) is 10. The summed E-state index contributed by atoms with van der Waals surface area (Å²) in [5.74, 6) is 6.65. The van der Waals surface area contributed by atoms with Crippen LogP contribution in [-0.4, -0.2) is 105 Å². The van der Waals surface area contributed by atoms with Gasteiger partial charge in [0, 0.05) is 25.2 Å². The van der Waals surface area contributed by atoms with Crippen LogP contribution in [0, 0.1) is 0 Å². The number of fused-ring (bicyclic) bond motifs is 2. The molecule has 0 spiro atoms. The lowest BCUT2D eigenvalue weighted by molar-refractivity contribution is 0.327. The zero-order chi connectivity index (χ0) is 54.3. The Morgan fingerprint density at radius 1 is 0.481 bits per heavy atom. The third-order valence-corrected chi connectivity index (χ3v) is 11.7. The van der Waals surface area contributed by atoms with Crippen LogP contribution in [-0.2, 0) is 13.1 Å². The number of anilines is 1. The second kappa shape index (κ2) is 25.8. The Hall–Kier alpha value is -9.27. The van der Waals surface area contributed by atoms with Crippen molar-refractivity contribution in [2.75, 3.05) is 61.2 Å². The predicted octanol–water partition coefficient (Wildman–Crippen LogP) is 10.0. The minimum Gasteiger partial charge on any atom is -0.497 e. The van der Waals surface area contributed by atoms with E-state index in [-0.39, 0.29) is 5.15 Å². The largest absolute Gasteiger partial charge is 0.497 e. The molecule has 0 aliphatic heterocycles. The average molecular weight is 1060 g/mol. The van der Waals surface area contributed by atoms with Crippen molar-refractivity contribution >= 4 is 40.0 Å². The molecule has 10 rings (SSSR count). The highest BCUT2D eigenvalue weighted by atomic mass is 35.5. The van der Waals surface area contributed by atoms with Gasteiger partial charge in [-0.05, 0) is 85.6 Å². The van der Waals surface area contributed by atoms with Gasteiger partial charge in [0.15, 0.2) is 34.2 Å². The molecule has 0 unspecified atom stereocenters. The van der Waals surface area contributed by atoms with Gasteiger partial charge >= 0.3 is 0 Å². The van der Waals surface area contributed by atoms with Crippen molar-refractivity contribution in [1.82, 2.24) is 49.0 Å². The van der Waals surface area contributed by atoms with Crippen LogP contribution in [0.25, 0.3) is 57.0 Å². The van der Waals surface area contributed by atoms with Gasteiger partial charge in [0.2, 0.25) is 11.8 Å². The SMILES string of the molecule is CCOc1cccc(-c2nc3nc(Cl)cnc3n2-c2c(OC)cccc2OC)n1.CCOc1cccc(-c2nc3nc(NCc4ccc(OC)cc4)cnc3n2-c2c(OC)cccc2OC)n1.COc1ccc(CN)cc1. The first-order valence-corrected chi connectivity index (χ1v) is 24.5.